The molecule has 19 heavy (non-hydrogen) atoms. The first-order valence-corrected chi connectivity index (χ1v) is 6.58. The Labute approximate surface area is 114 Å². The molecule has 1 atom stereocenters. The molecule has 0 aliphatic rings. The summed E-state index contributed by atoms with van der Waals surface area (Å²) < 4.78 is 5.49. The number of nitrogens with one attached hydrogen (secondary N) is 1. The minimum Gasteiger partial charge on any atom is -0.491 e. The quantitative estimate of drug-likeness (QED) is 0.445. The molecule has 108 valence electrons. The molecule has 1 aromatic rings. The Balaban J connectivity index is 2.33. The first kappa shape index (κ1) is 15.9. The lowest BCUT2D eigenvalue weighted by Gasteiger charge is -2.20. The smallest absolute Gasteiger partial charge is 0.137 e. The summed E-state index contributed by atoms with van der Waals surface area (Å²) in [4.78, 5) is 0.963. The van der Waals surface area contributed by atoms with Crippen molar-refractivity contribution in [2.45, 2.75) is 13.0 Å². The number of hydrogen-bond acceptors (Lipinski definition) is 4. The lowest BCUT2D eigenvalue weighted by atomic mass is 10.2. The third-order valence-corrected chi connectivity index (χ3v) is 2.92. The van der Waals surface area contributed by atoms with Gasteiger partial charge in [0.05, 0.1) is 13.2 Å². The van der Waals surface area contributed by atoms with Crippen molar-refractivity contribution in [2.75, 3.05) is 39.5 Å². The van der Waals surface area contributed by atoms with Gasteiger partial charge in [0, 0.05) is 0 Å². The van der Waals surface area contributed by atoms with E-state index in [4.69, 9.17) is 14.9 Å². The van der Waals surface area contributed by atoms with Gasteiger partial charge in [0.1, 0.15) is 38.1 Å². The second-order valence-electron chi connectivity index (χ2n) is 4.68. The lowest BCUT2D eigenvalue weighted by molar-refractivity contribution is -0.903. The second-order valence-corrected chi connectivity index (χ2v) is 4.68. The van der Waals surface area contributed by atoms with E-state index in [0.717, 1.165) is 16.2 Å². The van der Waals surface area contributed by atoms with E-state index in [9.17, 15) is 5.11 Å². The van der Waals surface area contributed by atoms with Gasteiger partial charge < -0.3 is 25.0 Å². The number of ether oxygens (including phenoxy) is 1. The summed E-state index contributed by atoms with van der Waals surface area (Å²) in [5.41, 5.74) is 1.16. The van der Waals surface area contributed by atoms with Gasteiger partial charge in [-0.2, -0.15) is 0 Å². The molecule has 0 fully saturated rings. The molecule has 0 unspecified atom stereocenters. The van der Waals surface area contributed by atoms with E-state index in [0.29, 0.717) is 19.6 Å². The van der Waals surface area contributed by atoms with Crippen LogP contribution in [0.25, 0.3) is 0 Å². The average molecular weight is 270 g/mol. The standard InChI is InChI=1S/C14H23NO4/c1-12-2-4-14(5-3-12)19-11-13(18)10-15(6-8-16)7-9-17/h2-5,13,16-18H,6-11H2,1H3/p+1/t13-/m0/s1. The van der Waals surface area contributed by atoms with Crippen LogP contribution >= 0.6 is 0 Å². The van der Waals surface area contributed by atoms with Crippen LogP contribution in [-0.4, -0.2) is 60.9 Å². The first-order valence-electron chi connectivity index (χ1n) is 6.58. The van der Waals surface area contributed by atoms with Crippen molar-refractivity contribution in [3.05, 3.63) is 29.8 Å². The highest BCUT2D eigenvalue weighted by Crippen LogP contribution is 2.11. The minimum atomic E-state index is -0.616. The Morgan fingerprint density at radius 3 is 2.21 bits per heavy atom. The minimum absolute atomic E-state index is 0.0425. The van der Waals surface area contributed by atoms with Crippen LogP contribution in [0.5, 0.6) is 5.75 Å². The second kappa shape index (κ2) is 8.87. The van der Waals surface area contributed by atoms with Crippen molar-refractivity contribution in [3.8, 4) is 5.75 Å². The van der Waals surface area contributed by atoms with Crippen molar-refractivity contribution >= 4 is 0 Å². The van der Waals surface area contributed by atoms with Gasteiger partial charge >= 0.3 is 0 Å². The lowest BCUT2D eigenvalue weighted by Crippen LogP contribution is -3.14. The van der Waals surface area contributed by atoms with Crippen LogP contribution < -0.4 is 9.64 Å². The highest BCUT2D eigenvalue weighted by molar-refractivity contribution is 5.26. The van der Waals surface area contributed by atoms with Gasteiger partial charge in [-0.15, -0.1) is 0 Å². The maximum absolute atomic E-state index is 9.88. The number of aliphatic hydroxyl groups excluding tert-OH is 3. The highest BCUT2D eigenvalue weighted by Gasteiger charge is 2.14. The van der Waals surface area contributed by atoms with Crippen molar-refractivity contribution in [1.82, 2.24) is 0 Å². The molecule has 0 saturated carbocycles. The van der Waals surface area contributed by atoms with Crippen LogP contribution in [0, 0.1) is 6.92 Å². The molecule has 0 amide bonds. The zero-order chi connectivity index (χ0) is 14.1. The summed E-state index contributed by atoms with van der Waals surface area (Å²) in [6.45, 7) is 3.78. The van der Waals surface area contributed by atoms with E-state index in [1.54, 1.807) is 0 Å². The summed E-state index contributed by atoms with van der Waals surface area (Å²) in [5.74, 6) is 0.732. The molecule has 0 aliphatic carbocycles. The summed E-state index contributed by atoms with van der Waals surface area (Å²) in [6.07, 6.45) is -0.616. The Morgan fingerprint density at radius 1 is 1.11 bits per heavy atom. The first-order chi connectivity index (χ1) is 9.15. The maximum Gasteiger partial charge on any atom is 0.137 e. The van der Waals surface area contributed by atoms with E-state index in [-0.39, 0.29) is 19.8 Å². The molecule has 0 radical (unpaired) electrons. The molecule has 5 nitrogen and oxygen atoms in total. The monoisotopic (exact) mass is 270 g/mol. The van der Waals surface area contributed by atoms with E-state index in [2.05, 4.69) is 0 Å². The molecule has 0 saturated heterocycles. The highest BCUT2D eigenvalue weighted by atomic mass is 16.5. The van der Waals surface area contributed by atoms with Gasteiger partial charge in [-0.1, -0.05) is 17.7 Å². The zero-order valence-corrected chi connectivity index (χ0v) is 11.4. The predicted molar refractivity (Wildman–Crippen MR) is 72.4 cm³/mol. The predicted octanol–water partition coefficient (Wildman–Crippen LogP) is -1.40. The Hall–Kier alpha value is -1.14. The molecule has 4 N–H and O–H groups in total. The fraction of sp³-hybridized carbons (Fsp3) is 0.571. The topological polar surface area (TPSA) is 74.4 Å². The number of aryl methyl sites for hydroxylation is 1. The Morgan fingerprint density at radius 2 is 1.68 bits per heavy atom. The molecule has 0 spiro atoms. The largest absolute Gasteiger partial charge is 0.491 e. The third-order valence-electron chi connectivity index (χ3n) is 2.92. The van der Waals surface area contributed by atoms with Gasteiger partial charge in [0.25, 0.3) is 0 Å². The Kier molecular flexibility index (Phi) is 7.43. The van der Waals surface area contributed by atoms with E-state index >= 15 is 0 Å². The number of aliphatic hydroxyl groups is 3. The summed E-state index contributed by atoms with van der Waals surface area (Å²) in [6, 6.07) is 7.65. The summed E-state index contributed by atoms with van der Waals surface area (Å²) in [7, 11) is 0. The zero-order valence-electron chi connectivity index (χ0n) is 11.4. The van der Waals surface area contributed by atoms with Gasteiger partial charge in [-0.05, 0) is 19.1 Å². The van der Waals surface area contributed by atoms with Crippen LogP contribution in [-0.2, 0) is 0 Å². The third kappa shape index (κ3) is 6.54. The molecule has 1 rings (SSSR count). The van der Waals surface area contributed by atoms with Crippen molar-refractivity contribution in [1.29, 1.82) is 0 Å². The van der Waals surface area contributed by atoms with Crippen LogP contribution in [0.15, 0.2) is 24.3 Å². The average Bonchev–Trinajstić information content (AvgIpc) is 2.39. The molecule has 0 bridgehead atoms. The van der Waals surface area contributed by atoms with Crippen molar-refractivity contribution < 1.29 is 25.0 Å². The van der Waals surface area contributed by atoms with Gasteiger partial charge in [0.15, 0.2) is 0 Å². The van der Waals surface area contributed by atoms with Gasteiger partial charge in [0.2, 0.25) is 0 Å². The van der Waals surface area contributed by atoms with Crippen LogP contribution in [0.1, 0.15) is 5.56 Å². The van der Waals surface area contributed by atoms with E-state index < -0.39 is 6.10 Å². The molecule has 0 aliphatic heterocycles. The fourth-order valence-electron chi connectivity index (χ4n) is 1.86. The normalized spacial score (nSPS) is 12.7. The molecule has 1 aromatic carbocycles. The van der Waals surface area contributed by atoms with Crippen LogP contribution in [0.4, 0.5) is 0 Å². The molecule has 5 heteroatoms. The molecule has 0 heterocycles. The Bertz CT molecular complexity index is 336. The summed E-state index contributed by atoms with van der Waals surface area (Å²) in [5, 5.41) is 27.7. The number of benzene rings is 1. The van der Waals surface area contributed by atoms with Crippen molar-refractivity contribution in [3.63, 3.8) is 0 Å². The maximum atomic E-state index is 9.88. The van der Waals surface area contributed by atoms with E-state index in [1.165, 1.54) is 0 Å². The molecule has 0 aromatic heterocycles. The molecular weight excluding hydrogens is 246 g/mol. The fourth-order valence-corrected chi connectivity index (χ4v) is 1.86. The van der Waals surface area contributed by atoms with Gasteiger partial charge in [-0.25, -0.2) is 0 Å². The van der Waals surface area contributed by atoms with Crippen LogP contribution in [0.3, 0.4) is 0 Å². The SMILES string of the molecule is Cc1ccc(OC[C@@H](O)C[NH+](CCO)CCO)cc1. The molecular formula is C14H24NO4+. The van der Waals surface area contributed by atoms with Crippen molar-refractivity contribution in [2.24, 2.45) is 0 Å². The van der Waals surface area contributed by atoms with Crippen LogP contribution in [0.2, 0.25) is 0 Å². The number of hydrogen-bond donors (Lipinski definition) is 4. The number of quaternary nitrogens is 1. The summed E-state index contributed by atoms with van der Waals surface area (Å²) >= 11 is 0. The number of rotatable bonds is 9. The van der Waals surface area contributed by atoms with Gasteiger partial charge in [-0.3, -0.25) is 0 Å². The van der Waals surface area contributed by atoms with E-state index in [1.807, 2.05) is 31.2 Å².